The van der Waals surface area contributed by atoms with Crippen molar-refractivity contribution in [3.05, 3.63) is 141 Å². The van der Waals surface area contributed by atoms with Crippen LogP contribution in [0.1, 0.15) is 83.0 Å². The fourth-order valence-electron chi connectivity index (χ4n) is 9.52. The fraction of sp³-hybridized carbons (Fsp3) is 0.465. The lowest BCUT2D eigenvalue weighted by Crippen LogP contribution is -2.73. The number of carbonyl (C=O) groups is 1. The summed E-state index contributed by atoms with van der Waals surface area (Å²) in [5, 5.41) is 13.1. The van der Waals surface area contributed by atoms with Gasteiger partial charge in [0.2, 0.25) is 21.4 Å². The van der Waals surface area contributed by atoms with E-state index in [1.807, 2.05) is 36.4 Å². The number of carbonyl (C=O) groups excluding carboxylic acids is 1. The summed E-state index contributed by atoms with van der Waals surface area (Å²) in [5.74, 6) is -0.689. The van der Waals surface area contributed by atoms with Crippen LogP contribution in [0.2, 0.25) is 22.2 Å². The highest BCUT2D eigenvalue weighted by Crippen LogP contribution is 2.56. The van der Waals surface area contributed by atoms with Gasteiger partial charge in [-0.2, -0.15) is 0 Å². The third-order valence-electron chi connectivity index (χ3n) is 11.8. The van der Waals surface area contributed by atoms with Crippen LogP contribution >= 0.6 is 0 Å². The molecule has 4 aromatic rings. The van der Waals surface area contributed by atoms with E-state index < -0.39 is 63.0 Å². The van der Waals surface area contributed by atoms with E-state index in [9.17, 15) is 19.5 Å². The van der Waals surface area contributed by atoms with E-state index in [0.29, 0.717) is 5.56 Å². The minimum Gasteiger partial charge on any atom is -0.449 e. The molecule has 3 aromatic carbocycles. The Bertz CT molecular complexity index is 2040. The van der Waals surface area contributed by atoms with E-state index in [1.165, 1.54) is 16.8 Å². The SMILES string of the molecule is CC(C)[Si]1(C(C)C)OC[C@H]2O[C@@](C(OC(=O)c3ccccc3)c3ccccc3)(n3ccc(=O)n(COCc4ccccc4)c3=O)[C@@H](O)[C@@H]2O[Si]1(C(C)C)C(C)C. The molecule has 2 aliphatic heterocycles. The Balaban J connectivity index is 1.56. The lowest BCUT2D eigenvalue weighted by molar-refractivity contribution is -0.213. The molecule has 5 atom stereocenters. The van der Waals surface area contributed by atoms with Gasteiger partial charge in [0, 0.05) is 12.3 Å². The number of aliphatic hydroxyl groups is 1. The molecule has 1 unspecified atom stereocenters. The first-order valence-corrected chi connectivity index (χ1v) is 24.8. The molecule has 300 valence electrons. The van der Waals surface area contributed by atoms with Crippen LogP contribution < -0.4 is 11.2 Å². The van der Waals surface area contributed by atoms with Crippen LogP contribution in [0.5, 0.6) is 0 Å². The van der Waals surface area contributed by atoms with Crippen LogP contribution in [0, 0.1) is 0 Å². The molecule has 1 N–H and O–H groups in total. The molecule has 11 nitrogen and oxygen atoms in total. The summed E-state index contributed by atoms with van der Waals surface area (Å²) in [6, 6.07) is 28.1. The number of benzene rings is 3. The second kappa shape index (κ2) is 16.9. The Morgan fingerprint density at radius 3 is 1.93 bits per heavy atom. The molecular weight excluding hydrogens is 745 g/mol. The number of aromatic nitrogens is 2. The highest BCUT2D eigenvalue weighted by atomic mass is 29.3. The summed E-state index contributed by atoms with van der Waals surface area (Å²) in [6.07, 6.45) is -3.52. The molecule has 56 heavy (non-hydrogen) atoms. The molecule has 2 saturated heterocycles. The van der Waals surface area contributed by atoms with E-state index in [0.717, 1.165) is 10.1 Å². The molecule has 0 bridgehead atoms. The Labute approximate surface area is 331 Å². The van der Waals surface area contributed by atoms with Crippen LogP contribution in [0.4, 0.5) is 0 Å². The lowest BCUT2D eigenvalue weighted by atomic mass is 9.91. The summed E-state index contributed by atoms with van der Waals surface area (Å²) in [4.78, 5) is 42.3. The molecule has 13 heteroatoms. The summed E-state index contributed by atoms with van der Waals surface area (Å²) >= 11 is 0. The van der Waals surface area contributed by atoms with Gasteiger partial charge in [0.15, 0.2) is 6.10 Å². The molecule has 2 fully saturated rings. The maximum atomic E-state index is 14.8. The Morgan fingerprint density at radius 2 is 1.36 bits per heavy atom. The van der Waals surface area contributed by atoms with Gasteiger partial charge in [-0.15, -0.1) is 0 Å². The number of nitrogens with zero attached hydrogens (tertiary/aromatic N) is 2. The van der Waals surface area contributed by atoms with Gasteiger partial charge in [0.1, 0.15) is 25.0 Å². The number of hydrogen-bond acceptors (Lipinski definition) is 9. The molecule has 6 rings (SSSR count). The first kappa shape index (κ1) is 41.7. The van der Waals surface area contributed by atoms with Crippen molar-refractivity contribution in [2.24, 2.45) is 0 Å². The van der Waals surface area contributed by atoms with Crippen molar-refractivity contribution in [2.75, 3.05) is 6.61 Å². The van der Waals surface area contributed by atoms with Gasteiger partial charge < -0.3 is 28.2 Å². The van der Waals surface area contributed by atoms with Gasteiger partial charge in [0.25, 0.3) is 5.56 Å². The average molecular weight is 801 g/mol. The first-order valence-electron chi connectivity index (χ1n) is 19.7. The van der Waals surface area contributed by atoms with Gasteiger partial charge >= 0.3 is 11.7 Å². The Morgan fingerprint density at radius 1 is 0.804 bits per heavy atom. The van der Waals surface area contributed by atoms with Crippen molar-refractivity contribution >= 4 is 21.6 Å². The largest absolute Gasteiger partial charge is 0.449 e. The number of esters is 1. The first-order chi connectivity index (χ1) is 26.7. The van der Waals surface area contributed by atoms with Crippen molar-refractivity contribution in [3.63, 3.8) is 0 Å². The summed E-state index contributed by atoms with van der Waals surface area (Å²) in [7, 11) is -5.70. The summed E-state index contributed by atoms with van der Waals surface area (Å²) in [6.45, 7) is 17.6. The number of rotatable bonds is 13. The van der Waals surface area contributed by atoms with Crippen LogP contribution in [0.3, 0.4) is 0 Å². The summed E-state index contributed by atoms with van der Waals surface area (Å²) in [5.41, 5.74) is -1.35. The zero-order valence-electron chi connectivity index (χ0n) is 33.7. The maximum absolute atomic E-state index is 14.8. The van der Waals surface area contributed by atoms with Crippen molar-refractivity contribution in [1.29, 1.82) is 0 Å². The van der Waals surface area contributed by atoms with Crippen molar-refractivity contribution < 1.29 is 33.0 Å². The monoisotopic (exact) mass is 800 g/mol. The molecular formula is C43H56N2O9Si2. The second-order valence-electron chi connectivity index (χ2n) is 16.2. The predicted octanol–water partition coefficient (Wildman–Crippen LogP) is 7.22. The quantitative estimate of drug-likeness (QED) is 0.110. The molecule has 2 aliphatic rings. The van der Waals surface area contributed by atoms with Gasteiger partial charge in [-0.25, -0.2) is 14.2 Å². The van der Waals surface area contributed by atoms with E-state index in [2.05, 4.69) is 55.4 Å². The maximum Gasteiger partial charge on any atom is 0.338 e. The normalized spacial score (nSPS) is 23.6. The molecule has 0 amide bonds. The van der Waals surface area contributed by atoms with Crippen molar-refractivity contribution in [3.8, 4) is 0 Å². The number of hydrogen-bond donors (Lipinski definition) is 1. The van der Waals surface area contributed by atoms with Crippen molar-refractivity contribution in [2.45, 2.75) is 121 Å². The minimum absolute atomic E-state index is 0.100. The minimum atomic E-state index is -2.96. The summed E-state index contributed by atoms with van der Waals surface area (Å²) < 4.78 is 36.5. The fourth-order valence-corrected chi connectivity index (χ4v) is 31.3. The topological polar surface area (TPSA) is 127 Å². The van der Waals surface area contributed by atoms with Crippen LogP contribution in [0.15, 0.2) is 113 Å². The number of fused-ring (bicyclic) bond motifs is 1. The number of aliphatic hydroxyl groups excluding tert-OH is 1. The highest BCUT2D eigenvalue weighted by Gasteiger charge is 2.72. The van der Waals surface area contributed by atoms with E-state index in [1.54, 1.807) is 54.6 Å². The molecule has 0 radical (unpaired) electrons. The van der Waals surface area contributed by atoms with Crippen LogP contribution in [0.25, 0.3) is 0 Å². The molecule has 0 saturated carbocycles. The zero-order chi connectivity index (χ0) is 40.4. The molecule has 0 aliphatic carbocycles. The van der Waals surface area contributed by atoms with Crippen LogP contribution in [-0.2, 0) is 42.1 Å². The van der Waals surface area contributed by atoms with Gasteiger partial charge in [-0.1, -0.05) is 134 Å². The average Bonchev–Trinajstić information content (AvgIpc) is 3.34. The Hall–Kier alpha value is -3.96. The second-order valence-corrected chi connectivity index (χ2v) is 29.2. The van der Waals surface area contributed by atoms with E-state index in [4.69, 9.17) is 23.1 Å². The number of ether oxygens (including phenoxy) is 3. The smallest absolute Gasteiger partial charge is 0.338 e. The third kappa shape index (κ3) is 7.12. The van der Waals surface area contributed by atoms with E-state index >= 15 is 0 Å². The molecule has 3 heterocycles. The van der Waals surface area contributed by atoms with E-state index in [-0.39, 0.29) is 47.7 Å². The highest BCUT2D eigenvalue weighted by molar-refractivity contribution is 7.39. The van der Waals surface area contributed by atoms with Gasteiger partial charge in [0.05, 0.1) is 18.8 Å². The van der Waals surface area contributed by atoms with Crippen molar-refractivity contribution in [1.82, 2.24) is 9.13 Å². The van der Waals surface area contributed by atoms with Gasteiger partial charge in [-0.05, 0) is 45.4 Å². The predicted molar refractivity (Wildman–Crippen MR) is 219 cm³/mol. The standard InChI is InChI=1S/C43H56N2O9Si2/c1-29(2)55(30(3)4)51-27-36-38(54-56(55,31(5)6)32(7)8)39(47)43(53-36,40(34-20-14-10-15-21-34)52-41(48)35-22-16-11-17-23-35)45-25-24-37(46)44(42(45)49)28-50-26-33-18-12-9-13-19-33/h9-25,29-32,36,38-40,47H,26-28H2,1-8H3/t36-,38-,39+,40?,43+/m1/s1. The molecule has 0 spiro atoms. The lowest BCUT2D eigenvalue weighted by Gasteiger charge is -2.55. The van der Waals surface area contributed by atoms with Crippen LogP contribution in [-0.4, -0.2) is 60.8 Å². The Kier molecular flexibility index (Phi) is 12.6. The zero-order valence-corrected chi connectivity index (χ0v) is 35.7. The molecule has 1 aromatic heterocycles. The third-order valence-corrected chi connectivity index (χ3v) is 32.6. The van der Waals surface area contributed by atoms with Gasteiger partial charge in [-0.3, -0.25) is 9.36 Å².